The summed E-state index contributed by atoms with van der Waals surface area (Å²) in [6, 6.07) is 0. The van der Waals surface area contributed by atoms with Crippen molar-refractivity contribution in [2.24, 2.45) is 33.5 Å². The molecule has 0 aromatic rings. The topological polar surface area (TPSA) is 92.3 Å². The summed E-state index contributed by atoms with van der Waals surface area (Å²) in [5, 5.41) is 5.94. The van der Waals surface area contributed by atoms with Gasteiger partial charge in [0, 0.05) is 23.9 Å². The van der Waals surface area contributed by atoms with Crippen molar-refractivity contribution in [1.29, 1.82) is 0 Å². The first-order chi connectivity index (χ1) is 14.0. The zero-order valence-corrected chi connectivity index (χ0v) is 18.9. The lowest BCUT2D eigenvalue weighted by Crippen LogP contribution is -2.48. The second-order valence-corrected chi connectivity index (χ2v) is 11.4. The average Bonchev–Trinajstić information content (AvgIpc) is 3.42. The van der Waals surface area contributed by atoms with Crippen LogP contribution in [0.4, 0.5) is 0 Å². The fourth-order valence-electron chi connectivity index (χ4n) is 6.95. The van der Waals surface area contributed by atoms with Gasteiger partial charge in [-0.15, -0.1) is 0 Å². The minimum Gasteiger partial charge on any atom is -0.355 e. The molecule has 4 saturated carbocycles. The fraction of sp³-hybridized carbons (Fsp3) is 0.833. The first-order valence-electron chi connectivity index (χ1n) is 11.6. The summed E-state index contributed by atoms with van der Waals surface area (Å²) in [5.74, 6) is 0.634. The molecule has 2 amide bonds. The fourth-order valence-corrected chi connectivity index (χ4v) is 6.95. The Labute approximate surface area is 179 Å². The predicted octanol–water partition coefficient (Wildman–Crippen LogP) is 2.79. The molecule has 30 heavy (non-hydrogen) atoms. The summed E-state index contributed by atoms with van der Waals surface area (Å²) in [6.45, 7) is 8.90. The van der Waals surface area contributed by atoms with Crippen molar-refractivity contribution in [3.63, 3.8) is 0 Å². The third kappa shape index (κ3) is 2.81. The van der Waals surface area contributed by atoms with Crippen molar-refractivity contribution < 1.29 is 19.2 Å². The van der Waals surface area contributed by atoms with E-state index in [2.05, 4.69) is 10.6 Å². The van der Waals surface area contributed by atoms with E-state index in [4.69, 9.17) is 0 Å². The zero-order chi connectivity index (χ0) is 21.9. The van der Waals surface area contributed by atoms with E-state index in [-0.39, 0.29) is 34.2 Å². The van der Waals surface area contributed by atoms with Crippen LogP contribution >= 0.6 is 0 Å². The number of amides is 2. The van der Waals surface area contributed by atoms with Crippen LogP contribution in [0.15, 0.2) is 0 Å². The smallest absolute Gasteiger partial charge is 0.233 e. The number of hydrogen-bond donors (Lipinski definition) is 2. The number of nitrogens with one attached hydrogen (secondary N) is 2. The molecule has 2 N–H and O–H groups in total. The molecule has 0 heterocycles. The number of carbonyl (C=O) groups excluding carboxylic acids is 4. The number of carbonyl (C=O) groups is 4. The average molecular weight is 417 g/mol. The predicted molar refractivity (Wildman–Crippen MR) is 112 cm³/mol. The summed E-state index contributed by atoms with van der Waals surface area (Å²) in [6.07, 6.45) is 6.11. The van der Waals surface area contributed by atoms with E-state index in [1.807, 2.05) is 27.7 Å². The second kappa shape index (κ2) is 6.89. The van der Waals surface area contributed by atoms with Gasteiger partial charge in [0.25, 0.3) is 0 Å². The van der Waals surface area contributed by atoms with Gasteiger partial charge in [0.2, 0.25) is 11.8 Å². The lowest BCUT2D eigenvalue weighted by atomic mass is 9.70. The Morgan fingerprint density at radius 3 is 1.43 bits per heavy atom. The molecule has 4 aliphatic rings. The maximum absolute atomic E-state index is 12.8. The number of ketones is 2. The summed E-state index contributed by atoms with van der Waals surface area (Å²) >= 11 is 0. The highest BCUT2D eigenvalue weighted by Crippen LogP contribution is 2.61. The van der Waals surface area contributed by atoms with Gasteiger partial charge in [0.15, 0.2) is 11.6 Å². The Balaban J connectivity index is 1.20. The number of unbranched alkanes of at least 4 members (excludes halogenated alkanes) is 1. The number of hydrogen-bond acceptors (Lipinski definition) is 4. The van der Waals surface area contributed by atoms with Crippen LogP contribution < -0.4 is 10.6 Å². The van der Waals surface area contributed by atoms with Crippen molar-refractivity contribution in [3.8, 4) is 0 Å². The Morgan fingerprint density at radius 1 is 0.767 bits per heavy atom. The summed E-state index contributed by atoms with van der Waals surface area (Å²) in [7, 11) is 0. The Kier molecular flexibility index (Phi) is 4.94. The standard InChI is InChI=1S/C24H36N2O4/c1-21(2)15-7-9-23(13-15,17(21)27)19(29)25-11-5-6-12-26-20(30)24-10-8-16(14-24)22(3,4)18(24)28/h15-16H,5-14H2,1-4H3,(H,25,29)(H,26,30). The van der Waals surface area contributed by atoms with Gasteiger partial charge in [-0.2, -0.15) is 0 Å². The molecule has 166 valence electrons. The molecule has 0 aromatic heterocycles. The summed E-state index contributed by atoms with van der Waals surface area (Å²) in [5.41, 5.74) is -2.39. The molecule has 0 saturated heterocycles. The molecule has 4 rings (SSSR count). The summed E-state index contributed by atoms with van der Waals surface area (Å²) < 4.78 is 0. The van der Waals surface area contributed by atoms with Gasteiger partial charge in [-0.3, -0.25) is 19.2 Å². The molecule has 0 aliphatic heterocycles. The molecule has 6 nitrogen and oxygen atoms in total. The van der Waals surface area contributed by atoms with Crippen LogP contribution in [0.25, 0.3) is 0 Å². The first kappa shape index (κ1) is 21.5. The van der Waals surface area contributed by atoms with E-state index in [1.165, 1.54) is 0 Å². The van der Waals surface area contributed by atoms with Crippen molar-refractivity contribution in [2.75, 3.05) is 13.1 Å². The molecule has 4 fully saturated rings. The second-order valence-electron chi connectivity index (χ2n) is 11.4. The molecule has 0 aromatic carbocycles. The molecule has 4 atom stereocenters. The molecular formula is C24H36N2O4. The quantitative estimate of drug-likeness (QED) is 0.493. The van der Waals surface area contributed by atoms with E-state index >= 15 is 0 Å². The van der Waals surface area contributed by atoms with E-state index < -0.39 is 10.8 Å². The van der Waals surface area contributed by atoms with Gasteiger partial charge in [0.05, 0.1) is 0 Å². The maximum atomic E-state index is 12.8. The normalized spacial score (nSPS) is 37.6. The highest BCUT2D eigenvalue weighted by Gasteiger charge is 2.65. The molecule has 4 bridgehead atoms. The van der Waals surface area contributed by atoms with Gasteiger partial charge in [-0.25, -0.2) is 0 Å². The van der Waals surface area contributed by atoms with Crippen molar-refractivity contribution >= 4 is 23.4 Å². The summed E-state index contributed by atoms with van der Waals surface area (Å²) in [4.78, 5) is 51.1. The largest absolute Gasteiger partial charge is 0.355 e. The van der Waals surface area contributed by atoms with Gasteiger partial charge in [-0.05, 0) is 63.2 Å². The van der Waals surface area contributed by atoms with Crippen molar-refractivity contribution in [2.45, 2.75) is 79.1 Å². The van der Waals surface area contributed by atoms with Crippen LogP contribution in [0.3, 0.4) is 0 Å². The lowest BCUT2D eigenvalue weighted by Gasteiger charge is -2.32. The Morgan fingerprint density at radius 2 is 1.13 bits per heavy atom. The minimum atomic E-state index is -0.809. The zero-order valence-electron chi connectivity index (χ0n) is 18.9. The Bertz CT molecular complexity index is 735. The number of Topliss-reactive ketones (excluding diaryl/α,β-unsaturated/α-hetero) is 2. The van der Waals surface area contributed by atoms with Crippen LogP contribution in [0.2, 0.25) is 0 Å². The van der Waals surface area contributed by atoms with E-state index in [1.54, 1.807) is 0 Å². The third-order valence-corrected chi connectivity index (χ3v) is 9.15. The van der Waals surface area contributed by atoms with Gasteiger partial charge >= 0.3 is 0 Å². The molecular weight excluding hydrogens is 380 g/mol. The van der Waals surface area contributed by atoms with Gasteiger partial charge < -0.3 is 10.6 Å². The molecule has 4 aliphatic carbocycles. The van der Waals surface area contributed by atoms with Crippen LogP contribution in [0.1, 0.15) is 79.1 Å². The molecule has 6 heteroatoms. The van der Waals surface area contributed by atoms with Crippen LogP contribution in [0, 0.1) is 33.5 Å². The Hall–Kier alpha value is -1.72. The maximum Gasteiger partial charge on any atom is 0.233 e. The van der Waals surface area contributed by atoms with E-state index in [0.717, 1.165) is 25.7 Å². The highest BCUT2D eigenvalue weighted by atomic mass is 16.2. The van der Waals surface area contributed by atoms with E-state index in [9.17, 15) is 19.2 Å². The van der Waals surface area contributed by atoms with E-state index in [0.29, 0.717) is 50.6 Å². The third-order valence-electron chi connectivity index (χ3n) is 9.15. The van der Waals surface area contributed by atoms with Crippen molar-refractivity contribution in [3.05, 3.63) is 0 Å². The molecule has 0 spiro atoms. The van der Waals surface area contributed by atoms with Crippen LogP contribution in [0.5, 0.6) is 0 Å². The minimum absolute atomic E-state index is 0.106. The molecule has 4 unspecified atom stereocenters. The monoisotopic (exact) mass is 416 g/mol. The number of fused-ring (bicyclic) bond motifs is 4. The van der Waals surface area contributed by atoms with Crippen molar-refractivity contribution in [1.82, 2.24) is 10.6 Å². The first-order valence-corrected chi connectivity index (χ1v) is 11.6. The SMILES string of the molecule is CC1(C)C(=O)C2(C(=O)NCCCCNC(=O)C34CCC(C3)C(C)(C)C4=O)CCC1C2. The van der Waals surface area contributed by atoms with Crippen LogP contribution in [-0.4, -0.2) is 36.5 Å². The lowest BCUT2D eigenvalue weighted by molar-refractivity contribution is -0.146. The molecule has 0 radical (unpaired) electrons. The number of rotatable bonds is 7. The van der Waals surface area contributed by atoms with Crippen LogP contribution in [-0.2, 0) is 19.2 Å². The van der Waals surface area contributed by atoms with Gasteiger partial charge in [-0.1, -0.05) is 27.7 Å². The van der Waals surface area contributed by atoms with Gasteiger partial charge in [0.1, 0.15) is 10.8 Å². The highest BCUT2D eigenvalue weighted by molar-refractivity contribution is 6.11.